The summed E-state index contributed by atoms with van der Waals surface area (Å²) in [6.45, 7) is 9.27. The van der Waals surface area contributed by atoms with Gasteiger partial charge in [0.15, 0.2) is 0 Å². The van der Waals surface area contributed by atoms with Gasteiger partial charge >= 0.3 is 5.97 Å². The van der Waals surface area contributed by atoms with E-state index in [2.05, 4.69) is 42.8 Å². The van der Waals surface area contributed by atoms with Crippen molar-refractivity contribution in [2.45, 2.75) is 33.8 Å². The van der Waals surface area contributed by atoms with Gasteiger partial charge in [0.05, 0.1) is 19.3 Å². The summed E-state index contributed by atoms with van der Waals surface area (Å²) in [7, 11) is 0. The second-order valence-electron chi connectivity index (χ2n) is 6.03. The lowest BCUT2D eigenvalue weighted by Crippen LogP contribution is -2.57. The summed E-state index contributed by atoms with van der Waals surface area (Å²) in [5.41, 5.74) is 1.33. The molecule has 0 spiro atoms. The fraction of sp³-hybridized carbons (Fsp3) is 0.800. The zero-order valence-electron chi connectivity index (χ0n) is 12.1. The lowest BCUT2D eigenvalue weighted by Gasteiger charge is -2.55. The average Bonchev–Trinajstić information content (AvgIpc) is 2.34. The molecule has 0 saturated carbocycles. The molecule has 1 aliphatic heterocycles. The van der Waals surface area contributed by atoms with Crippen molar-refractivity contribution < 1.29 is 14.3 Å². The van der Waals surface area contributed by atoms with Crippen LogP contribution in [0.5, 0.6) is 0 Å². The highest BCUT2D eigenvalue weighted by molar-refractivity contribution is 9.09. The zero-order chi connectivity index (χ0) is 14.2. The highest BCUT2D eigenvalue weighted by Gasteiger charge is 2.53. The normalized spacial score (nSPS) is 41.6. The van der Waals surface area contributed by atoms with Crippen LogP contribution in [0.15, 0.2) is 11.6 Å². The van der Waals surface area contributed by atoms with Crippen molar-refractivity contribution in [1.82, 2.24) is 0 Å². The first kappa shape index (κ1) is 15.0. The molecule has 4 heteroatoms. The van der Waals surface area contributed by atoms with Crippen LogP contribution in [0.2, 0.25) is 0 Å². The number of allylic oxidation sites excluding steroid dienone is 1. The summed E-state index contributed by atoms with van der Waals surface area (Å²) in [5.74, 6) is 1.04. The van der Waals surface area contributed by atoms with Crippen LogP contribution in [0.3, 0.4) is 0 Å². The van der Waals surface area contributed by atoms with E-state index in [-0.39, 0.29) is 17.5 Å². The Kier molecular flexibility index (Phi) is 4.41. The van der Waals surface area contributed by atoms with Gasteiger partial charge in [-0.1, -0.05) is 41.4 Å². The van der Waals surface area contributed by atoms with E-state index >= 15 is 0 Å². The number of hydrogen-bond acceptors (Lipinski definition) is 3. The van der Waals surface area contributed by atoms with Crippen LogP contribution < -0.4 is 0 Å². The van der Waals surface area contributed by atoms with Crippen molar-refractivity contribution in [1.29, 1.82) is 0 Å². The highest BCUT2D eigenvalue weighted by Crippen LogP contribution is 2.52. The summed E-state index contributed by atoms with van der Waals surface area (Å²) in [6.07, 6.45) is 2.57. The van der Waals surface area contributed by atoms with Crippen LogP contribution >= 0.6 is 15.9 Å². The molecule has 1 saturated heterocycles. The minimum absolute atomic E-state index is 0.0749. The van der Waals surface area contributed by atoms with Crippen molar-refractivity contribution in [3.63, 3.8) is 0 Å². The zero-order valence-corrected chi connectivity index (χ0v) is 13.7. The second-order valence-corrected chi connectivity index (χ2v) is 6.68. The number of alkyl halides is 1. The summed E-state index contributed by atoms with van der Waals surface area (Å²) < 4.78 is 11.4. The SMILES string of the molecule is CC(=O)OC[C@]12CO[C@H](CBr)[C@H](C(C)=C[C@H]1C)[C@H]2C. The first-order chi connectivity index (χ1) is 8.92. The van der Waals surface area contributed by atoms with Crippen LogP contribution in [0.1, 0.15) is 27.7 Å². The third-order valence-corrected chi connectivity index (χ3v) is 5.69. The monoisotopic (exact) mass is 330 g/mol. The Balaban J connectivity index is 2.31. The molecule has 0 aromatic carbocycles. The van der Waals surface area contributed by atoms with Crippen LogP contribution in [-0.2, 0) is 14.3 Å². The molecular formula is C15H23BrO3. The van der Waals surface area contributed by atoms with Gasteiger partial charge in [-0.15, -0.1) is 0 Å². The molecule has 3 nitrogen and oxygen atoms in total. The van der Waals surface area contributed by atoms with E-state index in [4.69, 9.17) is 9.47 Å². The molecule has 0 aromatic heterocycles. The van der Waals surface area contributed by atoms with Crippen molar-refractivity contribution >= 4 is 21.9 Å². The Bertz CT molecular complexity index is 393. The number of ether oxygens (including phenoxy) is 2. The largest absolute Gasteiger partial charge is 0.465 e. The molecule has 1 aliphatic carbocycles. The van der Waals surface area contributed by atoms with Crippen LogP contribution in [0.4, 0.5) is 0 Å². The third kappa shape index (κ3) is 2.49. The minimum atomic E-state index is -0.209. The number of fused-ring (bicyclic) bond motifs is 2. The van der Waals surface area contributed by atoms with Gasteiger partial charge in [-0.3, -0.25) is 4.79 Å². The van der Waals surface area contributed by atoms with Gasteiger partial charge < -0.3 is 9.47 Å². The van der Waals surface area contributed by atoms with Crippen molar-refractivity contribution in [3.05, 3.63) is 11.6 Å². The maximum atomic E-state index is 11.2. The molecule has 19 heavy (non-hydrogen) atoms. The Morgan fingerprint density at radius 3 is 2.84 bits per heavy atom. The third-order valence-electron chi connectivity index (χ3n) is 5.05. The van der Waals surface area contributed by atoms with Crippen molar-refractivity contribution in [2.24, 2.45) is 23.2 Å². The Morgan fingerprint density at radius 1 is 1.58 bits per heavy atom. The van der Waals surface area contributed by atoms with Crippen LogP contribution in [0.25, 0.3) is 0 Å². The maximum absolute atomic E-state index is 11.2. The van der Waals surface area contributed by atoms with Crippen LogP contribution in [-0.4, -0.2) is 30.6 Å². The molecule has 2 bridgehead atoms. The van der Waals surface area contributed by atoms with Gasteiger partial charge in [0, 0.05) is 23.6 Å². The molecule has 2 aliphatic rings. The maximum Gasteiger partial charge on any atom is 0.302 e. The van der Waals surface area contributed by atoms with E-state index in [1.165, 1.54) is 12.5 Å². The van der Waals surface area contributed by atoms with Gasteiger partial charge in [-0.2, -0.15) is 0 Å². The lowest BCUT2D eigenvalue weighted by atomic mass is 9.56. The average molecular weight is 331 g/mol. The molecule has 1 fully saturated rings. The Morgan fingerprint density at radius 2 is 2.26 bits per heavy atom. The molecule has 1 heterocycles. The molecule has 5 atom stereocenters. The van der Waals surface area contributed by atoms with E-state index in [1.807, 2.05) is 0 Å². The molecule has 0 N–H and O–H groups in total. The highest BCUT2D eigenvalue weighted by atomic mass is 79.9. The molecule has 108 valence electrons. The molecule has 2 rings (SSSR count). The van der Waals surface area contributed by atoms with Gasteiger partial charge in [-0.05, 0) is 18.8 Å². The van der Waals surface area contributed by atoms with Crippen LogP contribution in [0, 0.1) is 23.2 Å². The molecule has 0 unspecified atom stereocenters. The number of halogens is 1. The van der Waals surface area contributed by atoms with Gasteiger partial charge in [0.2, 0.25) is 0 Å². The molecule has 0 amide bonds. The first-order valence-corrected chi connectivity index (χ1v) is 8.03. The number of carbonyl (C=O) groups is 1. The van der Waals surface area contributed by atoms with E-state index in [9.17, 15) is 4.79 Å². The van der Waals surface area contributed by atoms with Crippen molar-refractivity contribution in [3.8, 4) is 0 Å². The van der Waals surface area contributed by atoms with Gasteiger partial charge in [0.1, 0.15) is 0 Å². The lowest BCUT2D eigenvalue weighted by molar-refractivity contribution is -0.174. The minimum Gasteiger partial charge on any atom is -0.465 e. The predicted molar refractivity (Wildman–Crippen MR) is 78.2 cm³/mol. The first-order valence-electron chi connectivity index (χ1n) is 6.91. The quantitative estimate of drug-likeness (QED) is 0.453. The molecule has 0 radical (unpaired) electrons. The summed E-state index contributed by atoms with van der Waals surface area (Å²) in [4.78, 5) is 11.2. The van der Waals surface area contributed by atoms with E-state index in [0.29, 0.717) is 31.0 Å². The summed E-state index contributed by atoms with van der Waals surface area (Å²) >= 11 is 3.55. The van der Waals surface area contributed by atoms with E-state index < -0.39 is 0 Å². The number of esters is 1. The van der Waals surface area contributed by atoms with E-state index in [1.54, 1.807) is 0 Å². The number of hydrogen-bond donors (Lipinski definition) is 0. The summed E-state index contributed by atoms with van der Waals surface area (Å²) in [6, 6.07) is 0. The topological polar surface area (TPSA) is 35.5 Å². The fourth-order valence-electron chi connectivity index (χ4n) is 3.76. The van der Waals surface area contributed by atoms with Crippen molar-refractivity contribution in [2.75, 3.05) is 18.5 Å². The molecule has 0 aromatic rings. The van der Waals surface area contributed by atoms with E-state index in [0.717, 1.165) is 5.33 Å². The second kappa shape index (κ2) is 5.57. The number of rotatable bonds is 3. The summed E-state index contributed by atoms with van der Waals surface area (Å²) in [5, 5.41) is 0.852. The fourth-order valence-corrected chi connectivity index (χ4v) is 4.35. The molecular weight excluding hydrogens is 308 g/mol. The smallest absolute Gasteiger partial charge is 0.302 e. The predicted octanol–water partition coefficient (Wildman–Crippen LogP) is 3.18. The van der Waals surface area contributed by atoms with Gasteiger partial charge in [0.25, 0.3) is 0 Å². The Hall–Kier alpha value is -0.350. The van der Waals surface area contributed by atoms with Gasteiger partial charge in [-0.25, -0.2) is 0 Å². The Labute approximate surface area is 123 Å². The number of carbonyl (C=O) groups excluding carboxylic acids is 1. The standard InChI is InChI=1S/C15H23BrO3/c1-9-5-10(2)15(7-18-12(4)17)8-19-13(6-16)14(9)11(15)3/h5,10-11,13-14H,6-8H2,1-4H3/t10-,11-,13-,14-,15+/m1/s1.